The van der Waals surface area contributed by atoms with E-state index in [0.29, 0.717) is 12.8 Å². The number of rotatable bonds is 4. The molecule has 0 aromatic heterocycles. The average molecular weight is 229 g/mol. The molecule has 1 aliphatic heterocycles. The molecule has 1 aliphatic rings. The molecular weight excluding hydrogens is 210 g/mol. The number of hydrogen-bond donors (Lipinski definition) is 2. The Kier molecular flexibility index (Phi) is 4.29. The van der Waals surface area contributed by atoms with E-state index < -0.39 is 18.1 Å². The molecule has 0 bridgehead atoms. The van der Waals surface area contributed by atoms with Gasteiger partial charge in [0, 0.05) is 18.9 Å². The Morgan fingerprint density at radius 3 is 2.38 bits per heavy atom. The van der Waals surface area contributed by atoms with Crippen molar-refractivity contribution in [2.75, 3.05) is 6.54 Å². The number of likely N-dealkylation sites (tertiary alicyclic amines) is 1. The number of carboxylic acids is 1. The molecule has 0 radical (unpaired) electrons. The number of carbonyl (C=O) groups excluding carboxylic acids is 1. The highest BCUT2D eigenvalue weighted by Crippen LogP contribution is 2.22. The highest BCUT2D eigenvalue weighted by molar-refractivity contribution is 5.85. The van der Waals surface area contributed by atoms with Crippen LogP contribution in [0.5, 0.6) is 0 Å². The van der Waals surface area contributed by atoms with Gasteiger partial charge >= 0.3 is 5.97 Å². The minimum atomic E-state index is -1.03. The molecule has 5 nitrogen and oxygen atoms in total. The number of carbonyl (C=O) groups is 2. The predicted octanol–water partition coefficient (Wildman–Crippen LogP) is 0.469. The number of aliphatic hydroxyl groups is 1. The van der Waals surface area contributed by atoms with Crippen LogP contribution in [-0.4, -0.2) is 45.7 Å². The van der Waals surface area contributed by atoms with Gasteiger partial charge in [0.05, 0.1) is 6.10 Å². The van der Waals surface area contributed by atoms with E-state index in [1.165, 1.54) is 4.90 Å². The van der Waals surface area contributed by atoms with E-state index in [1.807, 2.05) is 13.8 Å². The highest BCUT2D eigenvalue weighted by Gasteiger charge is 2.40. The summed E-state index contributed by atoms with van der Waals surface area (Å²) in [4.78, 5) is 24.3. The molecule has 2 atom stereocenters. The maximum atomic E-state index is 12.0. The van der Waals surface area contributed by atoms with Gasteiger partial charge in [0.25, 0.3) is 0 Å². The molecule has 0 spiro atoms. The maximum absolute atomic E-state index is 12.0. The number of amides is 1. The lowest BCUT2D eigenvalue weighted by atomic mass is 10.0. The lowest BCUT2D eigenvalue weighted by molar-refractivity contribution is -0.150. The molecular formula is C11H19NO4. The van der Waals surface area contributed by atoms with Gasteiger partial charge in [0.1, 0.15) is 6.04 Å². The van der Waals surface area contributed by atoms with Gasteiger partial charge in [-0.1, -0.05) is 13.8 Å². The van der Waals surface area contributed by atoms with Crippen LogP contribution in [0.4, 0.5) is 0 Å². The molecule has 0 saturated carbocycles. The summed E-state index contributed by atoms with van der Waals surface area (Å²) in [7, 11) is 0. The molecule has 1 amide bonds. The van der Waals surface area contributed by atoms with Crippen molar-refractivity contribution in [3.05, 3.63) is 0 Å². The normalized spacial score (nSPS) is 25.1. The maximum Gasteiger partial charge on any atom is 0.326 e. The second kappa shape index (κ2) is 5.30. The summed E-state index contributed by atoms with van der Waals surface area (Å²) in [5.74, 6) is -1.31. The zero-order valence-electron chi connectivity index (χ0n) is 9.72. The van der Waals surface area contributed by atoms with Crippen molar-refractivity contribution in [2.24, 2.45) is 5.92 Å². The molecule has 5 heteroatoms. The molecule has 2 N–H and O–H groups in total. The van der Waals surface area contributed by atoms with Crippen LogP contribution in [0.15, 0.2) is 0 Å². The minimum absolute atomic E-state index is 0.132. The van der Waals surface area contributed by atoms with E-state index >= 15 is 0 Å². The Balaban J connectivity index is 2.77. The minimum Gasteiger partial charge on any atom is -0.480 e. The molecule has 1 heterocycles. The van der Waals surface area contributed by atoms with Gasteiger partial charge in [0.15, 0.2) is 0 Å². The van der Waals surface area contributed by atoms with E-state index in [9.17, 15) is 14.7 Å². The molecule has 0 aromatic rings. The Morgan fingerprint density at radius 1 is 1.38 bits per heavy atom. The fourth-order valence-corrected chi connectivity index (χ4v) is 2.16. The van der Waals surface area contributed by atoms with Crippen molar-refractivity contribution in [2.45, 2.75) is 45.3 Å². The Bertz CT molecular complexity index is 275. The lowest BCUT2D eigenvalue weighted by Crippen LogP contribution is -2.43. The SMILES string of the molecule is CCC(CC)C(=O)N1CC(O)CC1C(=O)O. The van der Waals surface area contributed by atoms with Gasteiger partial charge in [0.2, 0.25) is 5.91 Å². The summed E-state index contributed by atoms with van der Waals surface area (Å²) in [6.07, 6.45) is 0.837. The van der Waals surface area contributed by atoms with Gasteiger partial charge in [-0.25, -0.2) is 4.79 Å². The van der Waals surface area contributed by atoms with Gasteiger partial charge in [-0.05, 0) is 12.8 Å². The van der Waals surface area contributed by atoms with Crippen molar-refractivity contribution in [1.82, 2.24) is 4.90 Å². The third-order valence-corrected chi connectivity index (χ3v) is 3.18. The molecule has 1 saturated heterocycles. The predicted molar refractivity (Wildman–Crippen MR) is 57.8 cm³/mol. The Labute approximate surface area is 95.1 Å². The van der Waals surface area contributed by atoms with E-state index in [1.54, 1.807) is 0 Å². The third-order valence-electron chi connectivity index (χ3n) is 3.18. The van der Waals surface area contributed by atoms with Crippen molar-refractivity contribution < 1.29 is 19.8 Å². The van der Waals surface area contributed by atoms with Crippen LogP contribution in [0.3, 0.4) is 0 Å². The zero-order valence-corrected chi connectivity index (χ0v) is 9.72. The first-order valence-electron chi connectivity index (χ1n) is 5.72. The van der Waals surface area contributed by atoms with Crippen molar-refractivity contribution >= 4 is 11.9 Å². The van der Waals surface area contributed by atoms with E-state index in [0.717, 1.165) is 0 Å². The van der Waals surface area contributed by atoms with E-state index in [2.05, 4.69) is 0 Å². The number of β-amino-alcohol motifs (C(OH)–C–C–N with tert-alkyl or cyclic N) is 1. The third kappa shape index (κ3) is 2.52. The van der Waals surface area contributed by atoms with E-state index in [-0.39, 0.29) is 24.8 Å². The molecule has 0 aromatic carbocycles. The van der Waals surface area contributed by atoms with Crippen molar-refractivity contribution in [3.63, 3.8) is 0 Å². The standard InChI is InChI=1S/C11H19NO4/c1-3-7(4-2)10(14)12-6-8(13)5-9(12)11(15)16/h7-9,13H,3-6H2,1-2H3,(H,15,16). The first-order valence-corrected chi connectivity index (χ1v) is 5.72. The largest absolute Gasteiger partial charge is 0.480 e. The number of aliphatic hydroxyl groups excluding tert-OH is 1. The summed E-state index contributed by atoms with van der Waals surface area (Å²) >= 11 is 0. The summed E-state index contributed by atoms with van der Waals surface area (Å²) in [5, 5.41) is 18.4. The van der Waals surface area contributed by atoms with Crippen molar-refractivity contribution in [3.8, 4) is 0 Å². The monoisotopic (exact) mass is 229 g/mol. The van der Waals surface area contributed by atoms with Crippen LogP contribution < -0.4 is 0 Å². The van der Waals surface area contributed by atoms with Crippen LogP contribution in [0.25, 0.3) is 0 Å². The summed E-state index contributed by atoms with van der Waals surface area (Å²) in [5.41, 5.74) is 0. The summed E-state index contributed by atoms with van der Waals surface area (Å²) in [6.45, 7) is 3.97. The first-order chi connectivity index (χ1) is 7.51. The number of nitrogens with zero attached hydrogens (tertiary/aromatic N) is 1. The molecule has 2 unspecified atom stereocenters. The van der Waals surface area contributed by atoms with Crippen molar-refractivity contribution in [1.29, 1.82) is 0 Å². The smallest absolute Gasteiger partial charge is 0.326 e. The van der Waals surface area contributed by atoms with Crippen LogP contribution in [0, 0.1) is 5.92 Å². The zero-order chi connectivity index (χ0) is 12.3. The van der Waals surface area contributed by atoms with Gasteiger partial charge < -0.3 is 15.1 Å². The number of aliphatic carboxylic acids is 1. The van der Waals surface area contributed by atoms with Gasteiger partial charge in [-0.2, -0.15) is 0 Å². The quantitative estimate of drug-likeness (QED) is 0.734. The molecule has 16 heavy (non-hydrogen) atoms. The topological polar surface area (TPSA) is 77.8 Å². The average Bonchev–Trinajstić information content (AvgIpc) is 2.62. The summed E-state index contributed by atoms with van der Waals surface area (Å²) in [6, 6.07) is -0.858. The molecule has 0 aliphatic carbocycles. The van der Waals surface area contributed by atoms with Crippen LogP contribution in [0.2, 0.25) is 0 Å². The van der Waals surface area contributed by atoms with Gasteiger partial charge in [-0.15, -0.1) is 0 Å². The van der Waals surface area contributed by atoms with Crippen LogP contribution in [-0.2, 0) is 9.59 Å². The Morgan fingerprint density at radius 2 is 1.94 bits per heavy atom. The second-order valence-electron chi connectivity index (χ2n) is 4.25. The molecule has 92 valence electrons. The van der Waals surface area contributed by atoms with Crippen LogP contribution in [0.1, 0.15) is 33.1 Å². The lowest BCUT2D eigenvalue weighted by Gasteiger charge is -2.25. The van der Waals surface area contributed by atoms with Gasteiger partial charge in [-0.3, -0.25) is 4.79 Å². The highest BCUT2D eigenvalue weighted by atomic mass is 16.4. The number of carboxylic acid groups (broad SMARTS) is 1. The first kappa shape index (κ1) is 13.0. The van der Waals surface area contributed by atoms with E-state index in [4.69, 9.17) is 5.11 Å². The molecule has 1 fully saturated rings. The summed E-state index contributed by atoms with van der Waals surface area (Å²) < 4.78 is 0. The molecule has 1 rings (SSSR count). The Hall–Kier alpha value is -1.10. The number of hydrogen-bond acceptors (Lipinski definition) is 3. The fraction of sp³-hybridized carbons (Fsp3) is 0.818. The fourth-order valence-electron chi connectivity index (χ4n) is 2.16. The second-order valence-corrected chi connectivity index (χ2v) is 4.25. The van der Waals surface area contributed by atoms with Crippen LogP contribution >= 0.6 is 0 Å².